The molecule has 0 spiro atoms. The molecule has 0 aliphatic heterocycles. The molecule has 3 unspecified atom stereocenters. The maximum absolute atomic E-state index is 12.1. The van der Waals surface area contributed by atoms with Crippen molar-refractivity contribution in [3.8, 4) is 0 Å². The van der Waals surface area contributed by atoms with E-state index in [-0.39, 0.29) is 30.4 Å². The molecule has 1 fully saturated rings. The second kappa shape index (κ2) is 6.78. The number of carbonyl (C=O) groups excluding carboxylic acids is 2. The summed E-state index contributed by atoms with van der Waals surface area (Å²) in [6, 6.07) is -0.717. The molecule has 7 nitrogen and oxygen atoms in total. The first-order valence-corrected chi connectivity index (χ1v) is 7.19. The number of carboxylic acid groups (broad SMARTS) is 1. The van der Waals surface area contributed by atoms with Crippen LogP contribution in [0.25, 0.3) is 0 Å². The Bertz CT molecular complexity index is 426. The predicted octanol–water partition coefficient (Wildman–Crippen LogP) is 0.653. The Morgan fingerprint density at radius 1 is 1.43 bits per heavy atom. The van der Waals surface area contributed by atoms with E-state index in [0.717, 1.165) is 6.42 Å². The van der Waals surface area contributed by atoms with Crippen LogP contribution in [-0.4, -0.2) is 54.6 Å². The van der Waals surface area contributed by atoms with Gasteiger partial charge >= 0.3 is 12.0 Å². The van der Waals surface area contributed by atoms with Crippen LogP contribution in [0.3, 0.4) is 0 Å². The standard InChI is InChI=1S/C14H25N3O4/c1-9(11(18)15-3)8-17(4)13(21)16-10-6-5-7-14(10,2)12(19)20/h9-10H,5-8H2,1-4H3,(H,15,18)(H,16,21)(H,19,20). The van der Waals surface area contributed by atoms with Gasteiger partial charge in [-0.1, -0.05) is 13.3 Å². The minimum absolute atomic E-state index is 0.133. The summed E-state index contributed by atoms with van der Waals surface area (Å²) in [4.78, 5) is 36.4. The van der Waals surface area contributed by atoms with Crippen LogP contribution in [0.2, 0.25) is 0 Å². The first-order valence-electron chi connectivity index (χ1n) is 7.19. The number of carboxylic acids is 1. The molecule has 0 aromatic rings. The summed E-state index contributed by atoms with van der Waals surface area (Å²) in [5.74, 6) is -1.34. The summed E-state index contributed by atoms with van der Waals surface area (Å²) in [6.45, 7) is 3.68. The van der Waals surface area contributed by atoms with Gasteiger partial charge < -0.3 is 20.6 Å². The summed E-state index contributed by atoms with van der Waals surface area (Å²) in [7, 11) is 3.15. The Labute approximate surface area is 125 Å². The zero-order valence-electron chi connectivity index (χ0n) is 13.1. The van der Waals surface area contributed by atoms with Crippen LogP contribution < -0.4 is 10.6 Å². The average Bonchev–Trinajstić information content (AvgIpc) is 2.80. The van der Waals surface area contributed by atoms with Crippen molar-refractivity contribution in [2.75, 3.05) is 20.6 Å². The molecule has 1 rings (SSSR count). The van der Waals surface area contributed by atoms with Crippen LogP contribution in [0.4, 0.5) is 4.79 Å². The Hall–Kier alpha value is -1.79. The van der Waals surface area contributed by atoms with E-state index >= 15 is 0 Å². The van der Waals surface area contributed by atoms with Gasteiger partial charge in [0.25, 0.3) is 0 Å². The third-order valence-corrected chi connectivity index (χ3v) is 4.33. The Kier molecular flexibility index (Phi) is 5.57. The van der Waals surface area contributed by atoms with Gasteiger partial charge in [-0.25, -0.2) is 4.79 Å². The monoisotopic (exact) mass is 299 g/mol. The fourth-order valence-electron chi connectivity index (χ4n) is 2.74. The molecule has 0 bridgehead atoms. The second-order valence-electron chi connectivity index (χ2n) is 6.01. The van der Waals surface area contributed by atoms with Crippen molar-refractivity contribution in [3.63, 3.8) is 0 Å². The third-order valence-electron chi connectivity index (χ3n) is 4.33. The largest absolute Gasteiger partial charge is 0.481 e. The van der Waals surface area contributed by atoms with E-state index < -0.39 is 11.4 Å². The van der Waals surface area contributed by atoms with Crippen molar-refractivity contribution in [3.05, 3.63) is 0 Å². The highest BCUT2D eigenvalue weighted by molar-refractivity contribution is 5.81. The van der Waals surface area contributed by atoms with Crippen LogP contribution >= 0.6 is 0 Å². The molecule has 0 saturated heterocycles. The molecule has 120 valence electrons. The van der Waals surface area contributed by atoms with E-state index in [1.54, 1.807) is 27.9 Å². The van der Waals surface area contributed by atoms with Crippen molar-refractivity contribution < 1.29 is 19.5 Å². The van der Waals surface area contributed by atoms with Crippen molar-refractivity contribution in [2.24, 2.45) is 11.3 Å². The molecule has 0 radical (unpaired) electrons. The van der Waals surface area contributed by atoms with E-state index in [9.17, 15) is 19.5 Å². The zero-order chi connectivity index (χ0) is 16.2. The number of hydrogen-bond acceptors (Lipinski definition) is 3. The number of rotatable bonds is 5. The number of amides is 3. The normalized spacial score (nSPS) is 26.0. The molecule has 3 atom stereocenters. The second-order valence-corrected chi connectivity index (χ2v) is 6.01. The van der Waals surface area contributed by atoms with Gasteiger partial charge in [0.1, 0.15) is 0 Å². The number of nitrogens with one attached hydrogen (secondary N) is 2. The molecule has 1 aliphatic rings. The van der Waals surface area contributed by atoms with E-state index in [4.69, 9.17) is 0 Å². The number of aliphatic carboxylic acids is 1. The van der Waals surface area contributed by atoms with Gasteiger partial charge in [0, 0.05) is 26.7 Å². The topological polar surface area (TPSA) is 98.7 Å². The first kappa shape index (κ1) is 17.3. The van der Waals surface area contributed by atoms with Gasteiger partial charge in [-0.15, -0.1) is 0 Å². The van der Waals surface area contributed by atoms with Crippen molar-refractivity contribution in [1.29, 1.82) is 0 Å². The Balaban J connectivity index is 2.60. The molecule has 0 heterocycles. The van der Waals surface area contributed by atoms with Gasteiger partial charge in [0.2, 0.25) is 5.91 Å². The lowest BCUT2D eigenvalue weighted by Gasteiger charge is -2.30. The highest BCUT2D eigenvalue weighted by Crippen LogP contribution is 2.38. The summed E-state index contributed by atoms with van der Waals surface area (Å²) in [5, 5.41) is 14.6. The summed E-state index contributed by atoms with van der Waals surface area (Å²) < 4.78 is 0. The van der Waals surface area contributed by atoms with Crippen LogP contribution in [-0.2, 0) is 9.59 Å². The summed E-state index contributed by atoms with van der Waals surface area (Å²) in [6.07, 6.45) is 2.01. The lowest BCUT2D eigenvalue weighted by atomic mass is 9.85. The number of carbonyl (C=O) groups is 3. The number of urea groups is 1. The number of nitrogens with zero attached hydrogens (tertiary/aromatic N) is 1. The highest BCUT2D eigenvalue weighted by Gasteiger charge is 2.46. The third kappa shape index (κ3) is 3.86. The summed E-state index contributed by atoms with van der Waals surface area (Å²) >= 11 is 0. The Morgan fingerprint density at radius 3 is 2.57 bits per heavy atom. The maximum Gasteiger partial charge on any atom is 0.317 e. The number of hydrogen-bond donors (Lipinski definition) is 3. The van der Waals surface area contributed by atoms with E-state index in [1.807, 2.05) is 0 Å². The zero-order valence-corrected chi connectivity index (χ0v) is 13.1. The molecule has 0 aromatic carbocycles. The van der Waals surface area contributed by atoms with E-state index in [1.165, 1.54) is 4.90 Å². The van der Waals surface area contributed by atoms with Crippen LogP contribution in [0.5, 0.6) is 0 Å². The molecule has 3 amide bonds. The van der Waals surface area contributed by atoms with Gasteiger partial charge in [0.05, 0.1) is 11.3 Å². The molecular formula is C14H25N3O4. The fourth-order valence-corrected chi connectivity index (χ4v) is 2.74. The Morgan fingerprint density at radius 2 is 2.05 bits per heavy atom. The van der Waals surface area contributed by atoms with Gasteiger partial charge in [-0.3, -0.25) is 9.59 Å². The van der Waals surface area contributed by atoms with E-state index in [2.05, 4.69) is 10.6 Å². The van der Waals surface area contributed by atoms with Gasteiger partial charge in [-0.05, 0) is 19.8 Å². The summed E-state index contributed by atoms with van der Waals surface area (Å²) in [5.41, 5.74) is -0.914. The van der Waals surface area contributed by atoms with Crippen LogP contribution in [0.1, 0.15) is 33.1 Å². The van der Waals surface area contributed by atoms with Crippen molar-refractivity contribution in [2.45, 2.75) is 39.2 Å². The SMILES string of the molecule is CNC(=O)C(C)CN(C)C(=O)NC1CCCC1(C)C(=O)O. The molecule has 21 heavy (non-hydrogen) atoms. The fraction of sp³-hybridized carbons (Fsp3) is 0.786. The van der Waals surface area contributed by atoms with Crippen molar-refractivity contribution in [1.82, 2.24) is 15.5 Å². The molecule has 1 saturated carbocycles. The molecule has 7 heteroatoms. The van der Waals surface area contributed by atoms with Crippen LogP contribution in [0, 0.1) is 11.3 Å². The van der Waals surface area contributed by atoms with Crippen molar-refractivity contribution >= 4 is 17.9 Å². The minimum Gasteiger partial charge on any atom is -0.481 e. The average molecular weight is 299 g/mol. The van der Waals surface area contributed by atoms with Gasteiger partial charge in [0.15, 0.2) is 0 Å². The molecular weight excluding hydrogens is 274 g/mol. The quantitative estimate of drug-likeness (QED) is 0.694. The van der Waals surface area contributed by atoms with Crippen LogP contribution in [0.15, 0.2) is 0 Å². The first-order chi connectivity index (χ1) is 9.72. The molecule has 1 aliphatic carbocycles. The smallest absolute Gasteiger partial charge is 0.317 e. The lowest BCUT2D eigenvalue weighted by molar-refractivity contribution is -0.148. The van der Waals surface area contributed by atoms with E-state index in [0.29, 0.717) is 12.8 Å². The predicted molar refractivity (Wildman–Crippen MR) is 77.8 cm³/mol. The highest BCUT2D eigenvalue weighted by atomic mass is 16.4. The molecule has 0 aromatic heterocycles. The molecule has 3 N–H and O–H groups in total. The minimum atomic E-state index is -0.914. The van der Waals surface area contributed by atoms with Gasteiger partial charge in [-0.2, -0.15) is 0 Å². The lowest BCUT2D eigenvalue weighted by Crippen LogP contribution is -2.51. The maximum atomic E-state index is 12.1.